The fourth-order valence-electron chi connectivity index (χ4n) is 2.05. The summed E-state index contributed by atoms with van der Waals surface area (Å²) in [5.74, 6) is 0. The zero-order chi connectivity index (χ0) is 11.8. The molecule has 88 valence electrons. The van der Waals surface area contributed by atoms with Gasteiger partial charge < -0.3 is 16.0 Å². The van der Waals surface area contributed by atoms with Gasteiger partial charge >= 0.3 is 0 Å². The molecule has 3 nitrogen and oxygen atoms in total. The van der Waals surface area contributed by atoms with Crippen LogP contribution in [0.4, 0.5) is 11.4 Å². The Hall–Kier alpha value is -0.740. The molecule has 3 N–H and O–H groups in total. The van der Waals surface area contributed by atoms with Gasteiger partial charge in [0, 0.05) is 29.6 Å². The van der Waals surface area contributed by atoms with Gasteiger partial charge in [-0.1, -0.05) is 15.9 Å². The minimum Gasteiger partial charge on any atom is -0.382 e. The summed E-state index contributed by atoms with van der Waals surface area (Å²) >= 11 is 3.49. The molecule has 0 spiro atoms. The van der Waals surface area contributed by atoms with Crippen LogP contribution in [0.15, 0.2) is 22.7 Å². The number of nitrogens with one attached hydrogen (secondary N) is 1. The van der Waals surface area contributed by atoms with Crippen molar-refractivity contribution in [3.63, 3.8) is 0 Å². The number of nitrogens with zero attached hydrogens (tertiary/aromatic N) is 1. The largest absolute Gasteiger partial charge is 0.382 e. The lowest BCUT2D eigenvalue weighted by atomic mass is 10.00. The van der Waals surface area contributed by atoms with E-state index in [1.807, 2.05) is 0 Å². The highest BCUT2D eigenvalue weighted by Gasteiger charge is 2.29. The molecule has 0 saturated carbocycles. The van der Waals surface area contributed by atoms with Crippen LogP contribution in [0.5, 0.6) is 0 Å². The summed E-state index contributed by atoms with van der Waals surface area (Å²) in [5, 5.41) is 3.42. The number of rotatable bonds is 2. The molecule has 0 atom stereocenters. The SMILES string of the molecule is CC(C)(CN)N1CCNc2cc(Br)ccc21. The average molecular weight is 284 g/mol. The van der Waals surface area contributed by atoms with Gasteiger partial charge in [-0.2, -0.15) is 0 Å². The molecule has 0 unspecified atom stereocenters. The maximum atomic E-state index is 5.85. The molecule has 1 aliphatic heterocycles. The number of benzene rings is 1. The van der Waals surface area contributed by atoms with E-state index in [-0.39, 0.29) is 5.54 Å². The summed E-state index contributed by atoms with van der Waals surface area (Å²) < 4.78 is 1.10. The Labute approximate surface area is 105 Å². The van der Waals surface area contributed by atoms with E-state index in [4.69, 9.17) is 5.73 Å². The maximum Gasteiger partial charge on any atom is 0.0608 e. The Bertz CT molecular complexity index is 390. The van der Waals surface area contributed by atoms with Crippen LogP contribution in [0, 0.1) is 0 Å². The Morgan fingerprint density at radius 3 is 2.94 bits per heavy atom. The average Bonchev–Trinajstić information content (AvgIpc) is 2.27. The second-order valence-electron chi connectivity index (χ2n) is 4.76. The van der Waals surface area contributed by atoms with Crippen molar-refractivity contribution < 1.29 is 0 Å². The lowest BCUT2D eigenvalue weighted by molar-refractivity contribution is 0.470. The van der Waals surface area contributed by atoms with Crippen LogP contribution in [-0.4, -0.2) is 25.2 Å². The highest BCUT2D eigenvalue weighted by molar-refractivity contribution is 9.10. The summed E-state index contributed by atoms with van der Waals surface area (Å²) in [5.41, 5.74) is 8.28. The molecular formula is C12H18BrN3. The molecule has 0 aromatic heterocycles. The third kappa shape index (κ3) is 2.04. The van der Waals surface area contributed by atoms with Crippen molar-refractivity contribution in [3.8, 4) is 0 Å². The molecule has 4 heteroatoms. The molecule has 0 fully saturated rings. The van der Waals surface area contributed by atoms with E-state index in [0.29, 0.717) is 6.54 Å². The first kappa shape index (κ1) is 11.7. The number of hydrogen-bond acceptors (Lipinski definition) is 3. The van der Waals surface area contributed by atoms with Crippen molar-refractivity contribution in [3.05, 3.63) is 22.7 Å². The predicted molar refractivity (Wildman–Crippen MR) is 73.1 cm³/mol. The maximum absolute atomic E-state index is 5.85. The van der Waals surface area contributed by atoms with Gasteiger partial charge in [0.1, 0.15) is 0 Å². The number of fused-ring (bicyclic) bond motifs is 1. The second kappa shape index (κ2) is 4.26. The summed E-state index contributed by atoms with van der Waals surface area (Å²) in [6.07, 6.45) is 0. The van der Waals surface area contributed by atoms with E-state index >= 15 is 0 Å². The quantitative estimate of drug-likeness (QED) is 0.876. The zero-order valence-electron chi connectivity index (χ0n) is 9.76. The molecule has 16 heavy (non-hydrogen) atoms. The van der Waals surface area contributed by atoms with Gasteiger partial charge in [-0.15, -0.1) is 0 Å². The van der Waals surface area contributed by atoms with E-state index in [1.165, 1.54) is 11.4 Å². The monoisotopic (exact) mass is 283 g/mol. The fraction of sp³-hybridized carbons (Fsp3) is 0.500. The standard InChI is InChI=1S/C12H18BrN3/c1-12(2,8-14)16-6-5-15-10-7-9(13)3-4-11(10)16/h3-4,7,15H,5-6,8,14H2,1-2H3. The number of halogens is 1. The van der Waals surface area contributed by atoms with E-state index in [9.17, 15) is 0 Å². The van der Waals surface area contributed by atoms with Crippen LogP contribution < -0.4 is 16.0 Å². The molecule has 0 bridgehead atoms. The Morgan fingerprint density at radius 1 is 1.50 bits per heavy atom. The molecule has 1 aromatic rings. The summed E-state index contributed by atoms with van der Waals surface area (Å²) in [4.78, 5) is 2.38. The van der Waals surface area contributed by atoms with Crippen LogP contribution >= 0.6 is 15.9 Å². The highest BCUT2D eigenvalue weighted by atomic mass is 79.9. The van der Waals surface area contributed by atoms with Crippen LogP contribution in [0.3, 0.4) is 0 Å². The summed E-state index contributed by atoms with van der Waals surface area (Å²) in [6.45, 7) is 6.99. The smallest absolute Gasteiger partial charge is 0.0608 e. The lowest BCUT2D eigenvalue weighted by Crippen LogP contribution is -2.53. The molecule has 1 aromatic carbocycles. The van der Waals surface area contributed by atoms with E-state index in [1.54, 1.807) is 0 Å². The normalized spacial score (nSPS) is 15.6. The predicted octanol–water partition coefficient (Wildman–Crippen LogP) is 2.42. The third-order valence-electron chi connectivity index (χ3n) is 3.13. The Balaban J connectivity index is 2.40. The van der Waals surface area contributed by atoms with Crippen molar-refractivity contribution in [1.82, 2.24) is 0 Å². The summed E-state index contributed by atoms with van der Waals surface area (Å²) in [6, 6.07) is 6.34. The molecule has 0 radical (unpaired) electrons. The first-order chi connectivity index (χ1) is 7.54. The van der Waals surface area contributed by atoms with Gasteiger partial charge in [-0.05, 0) is 32.0 Å². The highest BCUT2D eigenvalue weighted by Crippen LogP contribution is 2.35. The summed E-state index contributed by atoms with van der Waals surface area (Å²) in [7, 11) is 0. The molecule has 0 saturated heterocycles. The number of nitrogens with two attached hydrogens (primary N) is 1. The van der Waals surface area contributed by atoms with Crippen LogP contribution in [-0.2, 0) is 0 Å². The van der Waals surface area contributed by atoms with Crippen molar-refractivity contribution in [1.29, 1.82) is 0 Å². The van der Waals surface area contributed by atoms with Gasteiger partial charge in [-0.3, -0.25) is 0 Å². The topological polar surface area (TPSA) is 41.3 Å². The first-order valence-electron chi connectivity index (χ1n) is 5.56. The Kier molecular flexibility index (Phi) is 3.13. The first-order valence-corrected chi connectivity index (χ1v) is 6.35. The lowest BCUT2D eigenvalue weighted by Gasteiger charge is -2.43. The van der Waals surface area contributed by atoms with Crippen molar-refractivity contribution in [2.75, 3.05) is 29.9 Å². The van der Waals surface area contributed by atoms with Gasteiger partial charge in [0.2, 0.25) is 0 Å². The molecule has 1 heterocycles. The van der Waals surface area contributed by atoms with Crippen molar-refractivity contribution in [2.24, 2.45) is 5.73 Å². The van der Waals surface area contributed by atoms with E-state index < -0.39 is 0 Å². The van der Waals surface area contributed by atoms with E-state index in [2.05, 4.69) is 58.2 Å². The Morgan fingerprint density at radius 2 is 2.25 bits per heavy atom. The minimum atomic E-state index is 0.00464. The molecule has 2 rings (SSSR count). The van der Waals surface area contributed by atoms with Gasteiger partial charge in [0.05, 0.1) is 11.4 Å². The minimum absolute atomic E-state index is 0.00464. The third-order valence-corrected chi connectivity index (χ3v) is 3.62. The van der Waals surface area contributed by atoms with Gasteiger partial charge in [0.15, 0.2) is 0 Å². The van der Waals surface area contributed by atoms with E-state index in [0.717, 1.165) is 17.6 Å². The number of anilines is 2. The molecular weight excluding hydrogens is 266 g/mol. The molecule has 0 aliphatic carbocycles. The van der Waals surface area contributed by atoms with Crippen molar-refractivity contribution >= 4 is 27.3 Å². The second-order valence-corrected chi connectivity index (χ2v) is 5.67. The van der Waals surface area contributed by atoms with Crippen LogP contribution in [0.1, 0.15) is 13.8 Å². The zero-order valence-corrected chi connectivity index (χ0v) is 11.3. The van der Waals surface area contributed by atoms with Gasteiger partial charge in [-0.25, -0.2) is 0 Å². The molecule has 0 amide bonds. The van der Waals surface area contributed by atoms with Crippen LogP contribution in [0.25, 0.3) is 0 Å². The molecule has 1 aliphatic rings. The number of hydrogen-bond donors (Lipinski definition) is 2. The fourth-order valence-corrected chi connectivity index (χ4v) is 2.41. The van der Waals surface area contributed by atoms with Gasteiger partial charge in [0.25, 0.3) is 0 Å². The van der Waals surface area contributed by atoms with Crippen molar-refractivity contribution in [2.45, 2.75) is 19.4 Å². The van der Waals surface area contributed by atoms with Crippen LogP contribution in [0.2, 0.25) is 0 Å².